The van der Waals surface area contributed by atoms with Gasteiger partial charge in [0.05, 0.1) is 28.5 Å². The van der Waals surface area contributed by atoms with Crippen LogP contribution < -0.4 is 0 Å². The van der Waals surface area contributed by atoms with E-state index in [0.29, 0.717) is 12.3 Å². The fourth-order valence-corrected chi connectivity index (χ4v) is 9.98. The van der Waals surface area contributed by atoms with Crippen molar-refractivity contribution in [2.45, 2.75) is 24.8 Å². The second-order valence-electron chi connectivity index (χ2n) is 16.8. The van der Waals surface area contributed by atoms with Gasteiger partial charge in [0, 0.05) is 51.7 Å². The van der Waals surface area contributed by atoms with E-state index in [0.717, 1.165) is 40.2 Å². The summed E-state index contributed by atoms with van der Waals surface area (Å²) in [5, 5.41) is 2.52. The van der Waals surface area contributed by atoms with Gasteiger partial charge in [0.15, 0.2) is 5.84 Å². The van der Waals surface area contributed by atoms with Crippen molar-refractivity contribution in [3.8, 4) is 39.2 Å². The lowest BCUT2D eigenvalue weighted by atomic mass is 9.73. The van der Waals surface area contributed by atoms with Crippen LogP contribution in [0.25, 0.3) is 61.0 Å². The number of fused-ring (bicyclic) bond motifs is 6. The molecular weight excluding hydrogens is 777 g/mol. The third-order valence-electron chi connectivity index (χ3n) is 13.1. The lowest BCUT2D eigenvalue weighted by Gasteiger charge is -2.30. The van der Waals surface area contributed by atoms with Crippen LogP contribution in [0.15, 0.2) is 240 Å². The first-order valence-electron chi connectivity index (χ1n) is 22.1. The monoisotopic (exact) mass is 818 g/mol. The minimum atomic E-state index is -0.0573. The summed E-state index contributed by atoms with van der Waals surface area (Å²) in [4.78, 5) is 15.6. The molecule has 1 aliphatic heterocycles. The van der Waals surface area contributed by atoms with Crippen LogP contribution in [0.2, 0.25) is 0 Å². The smallest absolute Gasteiger partial charge is 0.155 e. The molecule has 0 spiro atoms. The van der Waals surface area contributed by atoms with Gasteiger partial charge in [-0.3, -0.25) is 9.98 Å². The van der Waals surface area contributed by atoms with Crippen molar-refractivity contribution >= 4 is 33.4 Å². The number of rotatable bonds is 7. The number of nitrogens with zero attached hydrogens (tertiary/aromatic N) is 4. The number of amidine groups is 1. The molecule has 12 rings (SSSR count). The third-order valence-corrected chi connectivity index (χ3v) is 13.1. The van der Waals surface area contributed by atoms with Gasteiger partial charge in [-0.15, -0.1) is 5.73 Å². The van der Waals surface area contributed by atoms with Gasteiger partial charge in [0.2, 0.25) is 0 Å². The highest BCUT2D eigenvalue weighted by atomic mass is 15.0. The van der Waals surface area contributed by atoms with Crippen LogP contribution in [0.4, 0.5) is 0 Å². The van der Waals surface area contributed by atoms with E-state index >= 15 is 0 Å². The maximum atomic E-state index is 5.29. The number of benzene rings is 7. The van der Waals surface area contributed by atoms with E-state index in [-0.39, 0.29) is 12.0 Å². The molecule has 2 aromatic heterocycles. The zero-order valence-corrected chi connectivity index (χ0v) is 35.1. The molecular formula is C60H42N4. The summed E-state index contributed by atoms with van der Waals surface area (Å²) in [5.74, 6) is 0.893. The van der Waals surface area contributed by atoms with Crippen LogP contribution in [-0.2, 0) is 6.42 Å². The molecule has 2 atom stereocenters. The molecule has 0 N–H and O–H groups in total. The molecule has 0 saturated heterocycles. The summed E-state index contributed by atoms with van der Waals surface area (Å²) in [6.07, 6.45) is 13.7. The number of allylic oxidation sites excluding steroid dienone is 5. The molecule has 3 aliphatic rings. The minimum absolute atomic E-state index is 0.0573. The zero-order valence-electron chi connectivity index (χ0n) is 35.1. The van der Waals surface area contributed by atoms with Crippen LogP contribution in [-0.4, -0.2) is 21.1 Å². The maximum Gasteiger partial charge on any atom is 0.155 e. The van der Waals surface area contributed by atoms with Crippen LogP contribution in [0.1, 0.15) is 46.2 Å². The highest BCUT2D eigenvalue weighted by Gasteiger charge is 2.29. The predicted octanol–water partition coefficient (Wildman–Crippen LogP) is 14.4. The fourth-order valence-electron chi connectivity index (χ4n) is 9.98. The maximum absolute atomic E-state index is 5.29. The van der Waals surface area contributed by atoms with Crippen LogP contribution in [0.5, 0.6) is 0 Å². The van der Waals surface area contributed by atoms with Crippen molar-refractivity contribution < 1.29 is 0 Å². The molecule has 0 bridgehead atoms. The van der Waals surface area contributed by atoms with Crippen molar-refractivity contribution in [1.82, 2.24) is 9.55 Å². The van der Waals surface area contributed by atoms with E-state index in [1.165, 1.54) is 66.3 Å². The Labute approximate surface area is 373 Å². The summed E-state index contributed by atoms with van der Waals surface area (Å²) in [6, 6.07) is 65.9. The van der Waals surface area contributed by atoms with Gasteiger partial charge in [0.25, 0.3) is 0 Å². The highest BCUT2D eigenvalue weighted by molar-refractivity contribution is 6.15. The third kappa shape index (κ3) is 6.69. The second-order valence-corrected chi connectivity index (χ2v) is 16.8. The fraction of sp³-hybridized carbons (Fsp3) is 0.0667. The first-order chi connectivity index (χ1) is 31.7. The molecule has 9 aromatic rings. The van der Waals surface area contributed by atoms with Crippen LogP contribution >= 0.6 is 0 Å². The Morgan fingerprint density at radius 1 is 0.562 bits per heavy atom. The first kappa shape index (κ1) is 37.6. The summed E-state index contributed by atoms with van der Waals surface area (Å²) in [7, 11) is 0. The lowest BCUT2D eigenvalue weighted by molar-refractivity contribution is 0.753. The summed E-state index contributed by atoms with van der Waals surface area (Å²) < 4.78 is 2.39. The zero-order chi connectivity index (χ0) is 42.4. The van der Waals surface area contributed by atoms with E-state index in [1.807, 2.05) is 36.6 Å². The Kier molecular flexibility index (Phi) is 9.36. The number of aromatic nitrogens is 2. The number of hydrogen-bond acceptors (Lipinski definition) is 3. The van der Waals surface area contributed by atoms with Crippen molar-refractivity contribution in [3.05, 3.63) is 258 Å². The second kappa shape index (κ2) is 15.9. The molecule has 64 heavy (non-hydrogen) atoms. The molecule has 302 valence electrons. The molecule has 3 heterocycles. The van der Waals surface area contributed by atoms with Gasteiger partial charge in [-0.2, -0.15) is 0 Å². The summed E-state index contributed by atoms with van der Waals surface area (Å²) in [6.45, 7) is 0. The van der Waals surface area contributed by atoms with Gasteiger partial charge in [-0.05, 0) is 99.5 Å². The first-order valence-corrected chi connectivity index (χ1v) is 22.1. The van der Waals surface area contributed by atoms with Crippen LogP contribution in [0, 0.1) is 0 Å². The van der Waals surface area contributed by atoms with Gasteiger partial charge in [-0.1, -0.05) is 164 Å². The Morgan fingerprint density at radius 3 is 2.22 bits per heavy atom. The van der Waals surface area contributed by atoms with Crippen LogP contribution in [0.3, 0.4) is 0 Å². The summed E-state index contributed by atoms with van der Waals surface area (Å²) in [5.41, 5.74) is 21.9. The molecule has 7 aromatic carbocycles. The number of pyridine rings is 1. The SMILES string of the molecule is C1=CC=CC=C(C2=NC(c3ccnc(-c4cccc5c4-c4ccccc4CC5c4ccc(-c5ccc6c7ccccc7n(-c7ccccc7)c6c5)cc4)c3)=NC(c3ccccc3)C2)C=1. The van der Waals surface area contributed by atoms with Crippen molar-refractivity contribution in [1.29, 1.82) is 0 Å². The Bertz CT molecular complexity index is 3470. The number of aliphatic imine (C=N–C) groups is 2. The average Bonchev–Trinajstić information content (AvgIpc) is 3.47. The Hall–Kier alpha value is -8.17. The van der Waals surface area contributed by atoms with Gasteiger partial charge in [0.1, 0.15) is 0 Å². The van der Waals surface area contributed by atoms with Crippen molar-refractivity contribution in [2.75, 3.05) is 0 Å². The average molecular weight is 819 g/mol. The largest absolute Gasteiger partial charge is 0.309 e. The lowest BCUT2D eigenvalue weighted by Crippen LogP contribution is -2.18. The highest BCUT2D eigenvalue weighted by Crippen LogP contribution is 2.47. The normalized spacial score (nSPS) is 16.5. The molecule has 2 unspecified atom stereocenters. The van der Waals surface area contributed by atoms with E-state index in [1.54, 1.807) is 0 Å². The molecule has 0 saturated carbocycles. The topological polar surface area (TPSA) is 42.5 Å². The Morgan fingerprint density at radius 2 is 1.33 bits per heavy atom. The number of para-hydroxylation sites is 2. The van der Waals surface area contributed by atoms with E-state index in [4.69, 9.17) is 15.0 Å². The van der Waals surface area contributed by atoms with Gasteiger partial charge >= 0.3 is 0 Å². The van der Waals surface area contributed by atoms with Gasteiger partial charge in [-0.25, -0.2) is 4.99 Å². The van der Waals surface area contributed by atoms with Gasteiger partial charge < -0.3 is 4.57 Å². The molecule has 2 aliphatic carbocycles. The van der Waals surface area contributed by atoms with E-state index in [9.17, 15) is 0 Å². The van der Waals surface area contributed by atoms with E-state index < -0.39 is 0 Å². The molecule has 0 amide bonds. The molecule has 0 radical (unpaired) electrons. The molecule has 4 nitrogen and oxygen atoms in total. The standard InChI is InChI=1S/C60H42N4/c1-2-6-17-42(16-5-1)54-39-55(43-18-7-3-8-19-43)63-60(62-54)46-34-35-61-56(37-46)52-26-15-25-51-53(36-45-20-11-12-23-48(45)59(51)52)41-30-28-40(29-31-41)44-32-33-50-49-24-13-14-27-57(49)64(58(50)38-44)47-21-9-4-10-22-47/h1-5,7-35,37-38,53,55H,36,39H2. The summed E-state index contributed by atoms with van der Waals surface area (Å²) >= 11 is 0. The molecule has 0 fully saturated rings. The Balaban J connectivity index is 0.922. The van der Waals surface area contributed by atoms with Crippen molar-refractivity contribution in [3.63, 3.8) is 0 Å². The van der Waals surface area contributed by atoms with Crippen molar-refractivity contribution in [2.24, 2.45) is 9.98 Å². The van der Waals surface area contributed by atoms with E-state index in [2.05, 4.69) is 192 Å². The quantitative estimate of drug-likeness (QED) is 0.148. The number of hydrogen-bond donors (Lipinski definition) is 0. The minimum Gasteiger partial charge on any atom is -0.309 e. The molecule has 4 heteroatoms. The predicted molar refractivity (Wildman–Crippen MR) is 265 cm³/mol.